The molecule has 5 heteroatoms. The first-order valence-corrected chi connectivity index (χ1v) is 4.85. The van der Waals surface area contributed by atoms with Crippen LogP contribution in [0.25, 0.3) is 0 Å². The van der Waals surface area contributed by atoms with Crippen LogP contribution in [0.4, 0.5) is 0 Å². The Balaban J connectivity index is 3.35. The molecule has 0 aliphatic heterocycles. The highest BCUT2D eigenvalue weighted by Crippen LogP contribution is 1.81. The topological polar surface area (TPSA) is 67.6 Å². The van der Waals surface area contributed by atoms with Crippen molar-refractivity contribution in [3.05, 3.63) is 0 Å². The van der Waals surface area contributed by atoms with Crippen molar-refractivity contribution < 1.29 is 9.53 Å². The number of nitrogens with two attached hydrogens (primary N) is 1. The highest BCUT2D eigenvalue weighted by molar-refractivity contribution is 5.77. The Labute approximate surface area is 85.6 Å². The van der Waals surface area contributed by atoms with Crippen molar-refractivity contribution in [3.63, 3.8) is 0 Å². The quantitative estimate of drug-likeness (QED) is 0.498. The molecule has 0 radical (unpaired) electrons. The number of amides is 1. The fourth-order valence-corrected chi connectivity index (χ4v) is 1.04. The first-order valence-electron chi connectivity index (χ1n) is 4.85. The number of rotatable bonds is 8. The van der Waals surface area contributed by atoms with Crippen LogP contribution < -0.4 is 11.1 Å². The molecule has 0 atom stereocenters. The average molecular weight is 203 g/mol. The Morgan fingerprint density at radius 2 is 2.29 bits per heavy atom. The molecule has 0 saturated carbocycles. The van der Waals surface area contributed by atoms with Gasteiger partial charge in [-0.3, -0.25) is 9.69 Å². The molecule has 14 heavy (non-hydrogen) atoms. The second-order valence-corrected chi connectivity index (χ2v) is 3.22. The maximum atomic E-state index is 11.3. The zero-order valence-corrected chi connectivity index (χ0v) is 9.08. The zero-order chi connectivity index (χ0) is 10.8. The lowest BCUT2D eigenvalue weighted by molar-refractivity contribution is -0.121. The molecule has 1 amide bonds. The van der Waals surface area contributed by atoms with Crippen LogP contribution in [0.3, 0.4) is 0 Å². The predicted molar refractivity (Wildman–Crippen MR) is 56.1 cm³/mol. The van der Waals surface area contributed by atoms with Crippen LogP contribution in [0.15, 0.2) is 0 Å². The minimum atomic E-state index is 0.0389. The lowest BCUT2D eigenvalue weighted by Crippen LogP contribution is -2.37. The van der Waals surface area contributed by atoms with Crippen LogP contribution >= 0.6 is 0 Å². The Morgan fingerprint density at radius 3 is 2.86 bits per heavy atom. The molecule has 0 aromatic rings. The van der Waals surface area contributed by atoms with E-state index in [1.807, 2.05) is 11.9 Å². The van der Waals surface area contributed by atoms with Gasteiger partial charge in [0.05, 0.1) is 6.54 Å². The fourth-order valence-electron chi connectivity index (χ4n) is 1.04. The van der Waals surface area contributed by atoms with Crippen LogP contribution in [0.5, 0.6) is 0 Å². The van der Waals surface area contributed by atoms with Gasteiger partial charge in [0.25, 0.3) is 0 Å². The van der Waals surface area contributed by atoms with Crippen molar-refractivity contribution in [1.82, 2.24) is 10.2 Å². The van der Waals surface area contributed by atoms with E-state index in [1.54, 1.807) is 7.11 Å². The van der Waals surface area contributed by atoms with Gasteiger partial charge < -0.3 is 15.8 Å². The average Bonchev–Trinajstić information content (AvgIpc) is 2.13. The second kappa shape index (κ2) is 8.93. The van der Waals surface area contributed by atoms with Gasteiger partial charge in [0.15, 0.2) is 0 Å². The molecule has 0 aromatic carbocycles. The molecule has 0 unspecified atom stereocenters. The third-order valence-electron chi connectivity index (χ3n) is 1.77. The smallest absolute Gasteiger partial charge is 0.234 e. The van der Waals surface area contributed by atoms with E-state index in [1.165, 1.54) is 0 Å². The van der Waals surface area contributed by atoms with E-state index in [4.69, 9.17) is 10.5 Å². The molecule has 5 nitrogen and oxygen atoms in total. The van der Waals surface area contributed by atoms with Gasteiger partial charge in [-0.1, -0.05) is 0 Å². The molecular formula is C9H21N3O2. The van der Waals surface area contributed by atoms with Crippen LogP contribution in [-0.4, -0.2) is 57.8 Å². The number of methoxy groups -OCH3 is 1. The SMILES string of the molecule is COCCCNC(=O)CN(C)CCN. The number of hydrogen-bond acceptors (Lipinski definition) is 4. The predicted octanol–water partition coefficient (Wildman–Crippen LogP) is -0.970. The summed E-state index contributed by atoms with van der Waals surface area (Å²) in [5, 5.41) is 2.81. The highest BCUT2D eigenvalue weighted by atomic mass is 16.5. The van der Waals surface area contributed by atoms with Crippen molar-refractivity contribution in [1.29, 1.82) is 0 Å². The molecule has 0 aliphatic rings. The minimum Gasteiger partial charge on any atom is -0.385 e. The molecule has 0 saturated heterocycles. The number of likely N-dealkylation sites (N-methyl/N-ethyl adjacent to an activating group) is 1. The van der Waals surface area contributed by atoms with Crippen molar-refractivity contribution in [2.75, 3.05) is 46.9 Å². The van der Waals surface area contributed by atoms with Crippen LogP contribution in [-0.2, 0) is 9.53 Å². The molecule has 3 N–H and O–H groups in total. The number of hydrogen-bond donors (Lipinski definition) is 2. The molecule has 0 aromatic heterocycles. The van der Waals surface area contributed by atoms with Gasteiger partial charge in [0, 0.05) is 33.4 Å². The molecule has 0 rings (SSSR count). The fraction of sp³-hybridized carbons (Fsp3) is 0.889. The summed E-state index contributed by atoms with van der Waals surface area (Å²) in [6, 6.07) is 0. The maximum absolute atomic E-state index is 11.3. The van der Waals surface area contributed by atoms with E-state index < -0.39 is 0 Å². The first-order chi connectivity index (χ1) is 6.70. The van der Waals surface area contributed by atoms with E-state index in [9.17, 15) is 4.79 Å². The normalized spacial score (nSPS) is 10.6. The van der Waals surface area contributed by atoms with Crippen molar-refractivity contribution >= 4 is 5.91 Å². The third-order valence-corrected chi connectivity index (χ3v) is 1.77. The number of ether oxygens (including phenoxy) is 1. The molecular weight excluding hydrogens is 182 g/mol. The summed E-state index contributed by atoms with van der Waals surface area (Å²) in [6.07, 6.45) is 0.850. The summed E-state index contributed by atoms with van der Waals surface area (Å²) in [5.41, 5.74) is 5.35. The molecule has 0 aliphatic carbocycles. The van der Waals surface area contributed by atoms with Crippen LogP contribution in [0, 0.1) is 0 Å². The standard InChI is InChI=1S/C9H21N3O2/c1-12(6-4-10)8-9(13)11-5-3-7-14-2/h3-8,10H2,1-2H3,(H,11,13). The third kappa shape index (κ3) is 7.97. The van der Waals surface area contributed by atoms with Crippen LogP contribution in [0.1, 0.15) is 6.42 Å². The van der Waals surface area contributed by atoms with Gasteiger partial charge in [0.2, 0.25) is 5.91 Å². The van der Waals surface area contributed by atoms with Gasteiger partial charge in [-0.2, -0.15) is 0 Å². The molecule has 0 fully saturated rings. The molecule has 0 bridgehead atoms. The molecule has 84 valence electrons. The maximum Gasteiger partial charge on any atom is 0.234 e. The van der Waals surface area contributed by atoms with E-state index >= 15 is 0 Å². The van der Waals surface area contributed by atoms with Gasteiger partial charge in [0.1, 0.15) is 0 Å². The van der Waals surface area contributed by atoms with Gasteiger partial charge in [-0.25, -0.2) is 0 Å². The highest BCUT2D eigenvalue weighted by Gasteiger charge is 2.03. The minimum absolute atomic E-state index is 0.0389. The first kappa shape index (κ1) is 13.4. The van der Waals surface area contributed by atoms with Gasteiger partial charge in [-0.15, -0.1) is 0 Å². The van der Waals surface area contributed by atoms with E-state index in [-0.39, 0.29) is 5.91 Å². The largest absolute Gasteiger partial charge is 0.385 e. The van der Waals surface area contributed by atoms with Gasteiger partial charge >= 0.3 is 0 Å². The Hall–Kier alpha value is -0.650. The summed E-state index contributed by atoms with van der Waals surface area (Å²) in [4.78, 5) is 13.2. The van der Waals surface area contributed by atoms with Crippen molar-refractivity contribution in [2.45, 2.75) is 6.42 Å². The Bertz CT molecular complexity index is 153. The number of carbonyl (C=O) groups is 1. The number of nitrogens with zero attached hydrogens (tertiary/aromatic N) is 1. The lowest BCUT2D eigenvalue weighted by Gasteiger charge is -2.14. The van der Waals surface area contributed by atoms with E-state index in [0.717, 1.165) is 13.0 Å². The number of carbonyl (C=O) groups excluding carboxylic acids is 1. The summed E-state index contributed by atoms with van der Waals surface area (Å²) in [6.45, 7) is 3.07. The van der Waals surface area contributed by atoms with E-state index in [0.29, 0.717) is 26.2 Å². The molecule has 0 spiro atoms. The van der Waals surface area contributed by atoms with Crippen molar-refractivity contribution in [3.8, 4) is 0 Å². The van der Waals surface area contributed by atoms with Gasteiger partial charge in [-0.05, 0) is 13.5 Å². The zero-order valence-electron chi connectivity index (χ0n) is 9.08. The summed E-state index contributed by atoms with van der Waals surface area (Å²) in [5.74, 6) is 0.0389. The summed E-state index contributed by atoms with van der Waals surface area (Å²) in [7, 11) is 3.53. The van der Waals surface area contributed by atoms with E-state index in [2.05, 4.69) is 5.32 Å². The lowest BCUT2D eigenvalue weighted by atomic mass is 10.4. The van der Waals surface area contributed by atoms with Crippen molar-refractivity contribution in [2.24, 2.45) is 5.73 Å². The number of nitrogens with one attached hydrogen (secondary N) is 1. The monoisotopic (exact) mass is 203 g/mol. The Morgan fingerprint density at radius 1 is 1.57 bits per heavy atom. The second-order valence-electron chi connectivity index (χ2n) is 3.22. The molecule has 0 heterocycles. The van der Waals surface area contributed by atoms with Crippen LogP contribution in [0.2, 0.25) is 0 Å². The summed E-state index contributed by atoms with van der Waals surface area (Å²) >= 11 is 0. The summed E-state index contributed by atoms with van der Waals surface area (Å²) < 4.78 is 4.87. The Kier molecular flexibility index (Phi) is 8.51.